The molecule has 0 fully saturated rings. The molecule has 0 spiro atoms. The largest absolute Gasteiger partial charge is 0.338 e. The molecule has 2 aromatic rings. The van der Waals surface area contributed by atoms with Crippen LogP contribution in [0.5, 0.6) is 0 Å². The van der Waals surface area contributed by atoms with E-state index in [0.29, 0.717) is 11.1 Å². The van der Waals surface area contributed by atoms with Crippen LogP contribution < -0.4 is 11.3 Å². The number of aryl methyl sites for hydroxylation is 4. The molecule has 118 valence electrons. The summed E-state index contributed by atoms with van der Waals surface area (Å²) in [6.07, 6.45) is 0. The maximum Gasteiger partial charge on any atom is 0.296 e. The highest BCUT2D eigenvalue weighted by Crippen LogP contribution is 2.28. The number of hydrogen-bond acceptors (Lipinski definition) is 4. The molecule has 0 radical (unpaired) electrons. The maximum atomic E-state index is 11.7. The van der Waals surface area contributed by atoms with Crippen molar-refractivity contribution >= 4 is 15.8 Å². The van der Waals surface area contributed by atoms with E-state index < -0.39 is 10.1 Å². The van der Waals surface area contributed by atoms with Crippen LogP contribution in [0.25, 0.3) is 0 Å². The molecule has 0 aliphatic rings. The van der Waals surface area contributed by atoms with Crippen molar-refractivity contribution in [2.24, 2.45) is 4.99 Å². The number of pyridine rings is 1. The van der Waals surface area contributed by atoms with Crippen LogP contribution in [0.2, 0.25) is 0 Å². The standard InChI is InChI=1S/C15H19N3O3S/c1-9-7-11(3)14(22(19,20)21)13(8-9)17-15-10(2)5-6-12(4)18(15)16/h5-8H,16H2,1-4H3,(H,19,20,21). The molecule has 0 amide bonds. The lowest BCUT2D eigenvalue weighted by Crippen LogP contribution is -2.31. The summed E-state index contributed by atoms with van der Waals surface area (Å²) in [6, 6.07) is 6.99. The first-order chi connectivity index (χ1) is 10.1. The van der Waals surface area contributed by atoms with Crippen LogP contribution in [-0.4, -0.2) is 17.6 Å². The van der Waals surface area contributed by atoms with Crippen LogP contribution in [0.4, 0.5) is 5.69 Å². The van der Waals surface area contributed by atoms with Gasteiger partial charge in [-0.3, -0.25) is 4.55 Å². The molecule has 0 saturated heterocycles. The second kappa shape index (κ2) is 5.58. The number of rotatable bonds is 2. The first kappa shape index (κ1) is 16.3. The first-order valence-corrected chi connectivity index (χ1v) is 8.13. The Bertz CT molecular complexity index is 912. The van der Waals surface area contributed by atoms with E-state index in [1.807, 2.05) is 32.9 Å². The number of hydrogen-bond donors (Lipinski definition) is 2. The molecule has 0 atom stereocenters. The third kappa shape index (κ3) is 3.05. The molecular weight excluding hydrogens is 302 g/mol. The lowest BCUT2D eigenvalue weighted by Gasteiger charge is -2.11. The third-order valence-electron chi connectivity index (χ3n) is 3.42. The minimum Gasteiger partial charge on any atom is -0.338 e. The molecule has 6 nitrogen and oxygen atoms in total. The molecule has 7 heteroatoms. The van der Waals surface area contributed by atoms with Crippen molar-refractivity contribution in [1.29, 1.82) is 0 Å². The molecule has 1 aromatic heterocycles. The Morgan fingerprint density at radius 1 is 1.09 bits per heavy atom. The van der Waals surface area contributed by atoms with Crippen molar-refractivity contribution in [3.05, 3.63) is 52.1 Å². The third-order valence-corrected chi connectivity index (χ3v) is 4.47. The van der Waals surface area contributed by atoms with Gasteiger partial charge in [0.15, 0.2) is 5.49 Å². The van der Waals surface area contributed by atoms with Gasteiger partial charge >= 0.3 is 0 Å². The van der Waals surface area contributed by atoms with E-state index in [9.17, 15) is 13.0 Å². The fraction of sp³-hybridized carbons (Fsp3) is 0.267. The summed E-state index contributed by atoms with van der Waals surface area (Å²) in [5.74, 6) is 5.98. The summed E-state index contributed by atoms with van der Waals surface area (Å²) in [7, 11) is -4.38. The van der Waals surface area contributed by atoms with E-state index in [2.05, 4.69) is 4.99 Å². The molecule has 0 aliphatic heterocycles. The molecule has 0 aliphatic carbocycles. The molecule has 0 unspecified atom stereocenters. The minimum atomic E-state index is -4.38. The zero-order valence-corrected chi connectivity index (χ0v) is 13.8. The van der Waals surface area contributed by atoms with Gasteiger partial charge in [0.25, 0.3) is 10.1 Å². The summed E-state index contributed by atoms with van der Waals surface area (Å²) < 4.78 is 34.2. The Balaban J connectivity index is 2.91. The molecule has 22 heavy (non-hydrogen) atoms. The Hall–Kier alpha value is -2.12. The zero-order chi connectivity index (χ0) is 16.7. The highest BCUT2D eigenvalue weighted by Gasteiger charge is 2.19. The van der Waals surface area contributed by atoms with Crippen LogP contribution in [0.15, 0.2) is 34.2 Å². The fourth-order valence-electron chi connectivity index (χ4n) is 2.36. The van der Waals surface area contributed by atoms with Gasteiger partial charge in [0.05, 0.1) is 5.69 Å². The molecule has 0 bridgehead atoms. The average molecular weight is 321 g/mol. The molecule has 0 saturated carbocycles. The van der Waals surface area contributed by atoms with Gasteiger partial charge in [-0.05, 0) is 56.5 Å². The lowest BCUT2D eigenvalue weighted by atomic mass is 10.1. The maximum absolute atomic E-state index is 11.7. The Morgan fingerprint density at radius 2 is 1.73 bits per heavy atom. The summed E-state index contributed by atoms with van der Waals surface area (Å²) in [4.78, 5) is 4.19. The second-order valence-corrected chi connectivity index (χ2v) is 6.73. The summed E-state index contributed by atoms with van der Waals surface area (Å²) in [5.41, 5.74) is 3.48. The van der Waals surface area contributed by atoms with Crippen molar-refractivity contribution in [2.45, 2.75) is 32.6 Å². The van der Waals surface area contributed by atoms with E-state index in [-0.39, 0.29) is 10.6 Å². The van der Waals surface area contributed by atoms with E-state index in [1.165, 1.54) is 4.68 Å². The summed E-state index contributed by atoms with van der Waals surface area (Å²) >= 11 is 0. The quantitative estimate of drug-likeness (QED) is 0.652. The van der Waals surface area contributed by atoms with Gasteiger partial charge < -0.3 is 5.84 Å². The average Bonchev–Trinajstić information content (AvgIpc) is 2.36. The normalized spacial score (nSPS) is 12.7. The van der Waals surface area contributed by atoms with Crippen LogP contribution in [0, 0.1) is 27.7 Å². The van der Waals surface area contributed by atoms with Gasteiger partial charge in [0.2, 0.25) is 0 Å². The Morgan fingerprint density at radius 3 is 2.32 bits per heavy atom. The molecule has 2 rings (SSSR count). The SMILES string of the molecule is Cc1cc(C)c(S(=O)(=O)O)c(N=c2c(C)ccc(C)n2N)c1. The van der Waals surface area contributed by atoms with Gasteiger partial charge in [0, 0.05) is 5.69 Å². The van der Waals surface area contributed by atoms with E-state index in [4.69, 9.17) is 5.84 Å². The molecule has 1 heterocycles. The molecule has 3 N–H and O–H groups in total. The number of aromatic nitrogens is 1. The van der Waals surface area contributed by atoms with E-state index >= 15 is 0 Å². The van der Waals surface area contributed by atoms with Crippen molar-refractivity contribution in [3.63, 3.8) is 0 Å². The summed E-state index contributed by atoms with van der Waals surface area (Å²) in [6.45, 7) is 7.11. The second-order valence-electron chi connectivity index (χ2n) is 5.37. The predicted octanol–water partition coefficient (Wildman–Crippen LogP) is 1.91. The Kier molecular flexibility index (Phi) is 4.12. The van der Waals surface area contributed by atoms with Gasteiger partial charge in [-0.1, -0.05) is 12.1 Å². The smallest absolute Gasteiger partial charge is 0.296 e. The van der Waals surface area contributed by atoms with Gasteiger partial charge in [0.1, 0.15) is 4.90 Å². The summed E-state index contributed by atoms with van der Waals surface area (Å²) in [5, 5.41) is 0. The van der Waals surface area contributed by atoms with Crippen molar-refractivity contribution in [1.82, 2.24) is 4.68 Å². The van der Waals surface area contributed by atoms with Crippen molar-refractivity contribution < 1.29 is 13.0 Å². The number of nitrogen functional groups attached to an aromatic ring is 1. The first-order valence-electron chi connectivity index (χ1n) is 6.69. The van der Waals surface area contributed by atoms with Crippen LogP contribution in [-0.2, 0) is 10.1 Å². The van der Waals surface area contributed by atoms with Crippen molar-refractivity contribution in [2.75, 3.05) is 5.84 Å². The topological polar surface area (TPSA) is 97.7 Å². The zero-order valence-electron chi connectivity index (χ0n) is 13.0. The fourth-order valence-corrected chi connectivity index (χ4v) is 3.20. The lowest BCUT2D eigenvalue weighted by molar-refractivity contribution is 0.483. The van der Waals surface area contributed by atoms with Crippen LogP contribution >= 0.6 is 0 Å². The van der Waals surface area contributed by atoms with E-state index in [0.717, 1.165) is 16.8 Å². The van der Waals surface area contributed by atoms with Gasteiger partial charge in [-0.25, -0.2) is 9.67 Å². The highest BCUT2D eigenvalue weighted by molar-refractivity contribution is 7.86. The Labute approximate surface area is 129 Å². The molecule has 1 aromatic carbocycles. The predicted molar refractivity (Wildman–Crippen MR) is 85.0 cm³/mol. The molecular formula is C15H19N3O3S. The van der Waals surface area contributed by atoms with Crippen molar-refractivity contribution in [3.8, 4) is 0 Å². The van der Waals surface area contributed by atoms with Crippen LogP contribution in [0.3, 0.4) is 0 Å². The minimum absolute atomic E-state index is 0.174. The number of nitrogens with two attached hydrogens (primary N) is 1. The van der Waals surface area contributed by atoms with Crippen LogP contribution in [0.1, 0.15) is 22.4 Å². The van der Waals surface area contributed by atoms with E-state index in [1.54, 1.807) is 19.1 Å². The highest BCUT2D eigenvalue weighted by atomic mass is 32.2. The van der Waals surface area contributed by atoms with Gasteiger partial charge in [-0.15, -0.1) is 0 Å². The number of nitrogens with zero attached hydrogens (tertiary/aromatic N) is 2. The number of benzene rings is 1. The van der Waals surface area contributed by atoms with Gasteiger partial charge in [-0.2, -0.15) is 8.42 Å². The monoisotopic (exact) mass is 321 g/mol.